The number of aliphatic hydroxyl groups excluding tert-OH is 4. The Morgan fingerprint density at radius 3 is 2.43 bits per heavy atom. The van der Waals surface area contributed by atoms with Crippen molar-refractivity contribution in [3.05, 3.63) is 47.2 Å². The van der Waals surface area contributed by atoms with Gasteiger partial charge in [-0.2, -0.15) is 0 Å². The first-order chi connectivity index (χ1) is 17.6. The van der Waals surface area contributed by atoms with Gasteiger partial charge < -0.3 is 54.7 Å². The number of esters is 1. The molecule has 13 heteroatoms. The number of phenolic OH excluding ortho intramolecular Hbond substituents is 2. The fraction of sp³-hybridized carbons (Fsp3) is 0.500. The summed E-state index contributed by atoms with van der Waals surface area (Å²) in [5.41, 5.74) is 0.691. The van der Waals surface area contributed by atoms with Gasteiger partial charge in [0.1, 0.15) is 24.4 Å². The Labute approximate surface area is 211 Å². The van der Waals surface area contributed by atoms with Crippen LogP contribution in [0.3, 0.4) is 0 Å². The molecular weight excluding hydrogens is 496 g/mol. The normalized spacial score (nSPS) is 30.9. The topological polar surface area (TPSA) is 213 Å². The van der Waals surface area contributed by atoms with E-state index >= 15 is 0 Å². The molecule has 3 rings (SSSR count). The van der Waals surface area contributed by atoms with Gasteiger partial charge in [0, 0.05) is 17.9 Å². The molecule has 0 unspecified atom stereocenters. The first-order valence-corrected chi connectivity index (χ1v) is 11.4. The number of allylic oxidation sites excluding steroid dienone is 1. The predicted molar refractivity (Wildman–Crippen MR) is 122 cm³/mol. The number of rotatable bonds is 9. The number of aliphatic carboxylic acids is 1. The quantitative estimate of drug-likeness (QED) is 0.120. The van der Waals surface area contributed by atoms with E-state index in [0.717, 1.165) is 6.26 Å². The molecule has 0 amide bonds. The van der Waals surface area contributed by atoms with Crippen LogP contribution >= 0.6 is 0 Å². The van der Waals surface area contributed by atoms with Gasteiger partial charge >= 0.3 is 11.9 Å². The summed E-state index contributed by atoms with van der Waals surface area (Å²) in [7, 11) is 0. The first kappa shape index (κ1) is 28.4. The number of aliphatic hydroxyl groups is 4. The maximum atomic E-state index is 12.8. The zero-order valence-electron chi connectivity index (χ0n) is 19.8. The summed E-state index contributed by atoms with van der Waals surface area (Å²) in [6.07, 6.45) is -6.97. The second kappa shape index (κ2) is 12.4. The molecule has 37 heavy (non-hydrogen) atoms. The number of ether oxygens (including phenoxy) is 4. The van der Waals surface area contributed by atoms with E-state index in [0.29, 0.717) is 5.56 Å². The fourth-order valence-electron chi connectivity index (χ4n) is 4.05. The minimum Gasteiger partial charge on any atom is -0.504 e. The van der Waals surface area contributed by atoms with Gasteiger partial charge in [-0.3, -0.25) is 4.79 Å². The van der Waals surface area contributed by atoms with Crippen LogP contribution in [0.4, 0.5) is 0 Å². The molecule has 13 nitrogen and oxygen atoms in total. The molecule has 7 N–H and O–H groups in total. The van der Waals surface area contributed by atoms with Crippen molar-refractivity contribution in [3.63, 3.8) is 0 Å². The van der Waals surface area contributed by atoms with Crippen molar-refractivity contribution in [2.24, 2.45) is 5.92 Å². The molecule has 2 heterocycles. The highest BCUT2D eigenvalue weighted by atomic mass is 16.8. The smallest absolute Gasteiger partial charge is 0.337 e. The van der Waals surface area contributed by atoms with Crippen molar-refractivity contribution < 1.29 is 64.3 Å². The summed E-state index contributed by atoms with van der Waals surface area (Å²) < 4.78 is 21.7. The van der Waals surface area contributed by atoms with Crippen molar-refractivity contribution in [1.82, 2.24) is 0 Å². The highest BCUT2D eigenvalue weighted by Crippen LogP contribution is 2.36. The van der Waals surface area contributed by atoms with E-state index in [-0.39, 0.29) is 35.7 Å². The minimum atomic E-state index is -1.72. The lowest BCUT2D eigenvalue weighted by atomic mass is 9.86. The third-order valence-corrected chi connectivity index (χ3v) is 6.09. The molecule has 0 bridgehead atoms. The molecule has 1 aromatic carbocycles. The van der Waals surface area contributed by atoms with Gasteiger partial charge in [-0.1, -0.05) is 12.1 Å². The Bertz CT molecular complexity index is 1030. The monoisotopic (exact) mass is 526 g/mol. The summed E-state index contributed by atoms with van der Waals surface area (Å²) in [5.74, 6) is -3.72. The number of phenols is 2. The molecule has 0 aliphatic carbocycles. The molecule has 0 aromatic heterocycles. The highest BCUT2D eigenvalue weighted by molar-refractivity contribution is 5.90. The lowest BCUT2D eigenvalue weighted by Crippen LogP contribution is -2.60. The molecule has 0 radical (unpaired) electrons. The second-order valence-electron chi connectivity index (χ2n) is 8.52. The third-order valence-electron chi connectivity index (χ3n) is 6.09. The van der Waals surface area contributed by atoms with E-state index in [4.69, 9.17) is 18.9 Å². The number of hydrogen-bond acceptors (Lipinski definition) is 12. The van der Waals surface area contributed by atoms with Crippen LogP contribution in [-0.2, 0) is 35.0 Å². The second-order valence-corrected chi connectivity index (χ2v) is 8.52. The van der Waals surface area contributed by atoms with Crippen molar-refractivity contribution >= 4 is 11.9 Å². The zero-order chi connectivity index (χ0) is 27.3. The Hall–Kier alpha value is -3.20. The maximum Gasteiger partial charge on any atom is 0.337 e. The van der Waals surface area contributed by atoms with E-state index in [9.17, 15) is 45.3 Å². The van der Waals surface area contributed by atoms with Crippen LogP contribution < -0.4 is 0 Å². The van der Waals surface area contributed by atoms with Gasteiger partial charge in [0.05, 0.1) is 31.5 Å². The zero-order valence-corrected chi connectivity index (χ0v) is 19.8. The van der Waals surface area contributed by atoms with Crippen LogP contribution in [0.15, 0.2) is 41.7 Å². The van der Waals surface area contributed by atoms with Gasteiger partial charge in [-0.15, -0.1) is 0 Å². The van der Waals surface area contributed by atoms with E-state index in [1.807, 2.05) is 0 Å². The van der Waals surface area contributed by atoms with E-state index < -0.39 is 67.9 Å². The summed E-state index contributed by atoms with van der Waals surface area (Å²) >= 11 is 0. The molecule has 1 saturated heterocycles. The molecule has 0 saturated carbocycles. The summed E-state index contributed by atoms with van der Waals surface area (Å²) in [6.45, 7) is 0.771. The largest absolute Gasteiger partial charge is 0.504 e. The standard InChI is InChI=1S/C24H30O13/c1-2-12-13(8-18(28)29)14(22(33)34-6-5-11-3-4-15(26)16(27)7-11)10-35-23(12)37-24-21(32)20(31)19(30)17(9-25)36-24/h2-4,7,10,13,17,19-21,23-27,30-32H,5-6,8-9H2,1H3,(H,28,29)/b12-2+/t13-,17+,19+,20-,21+,23-,24-/m0/s1. The maximum absolute atomic E-state index is 12.8. The predicted octanol–water partition coefficient (Wildman–Crippen LogP) is -0.723. The lowest BCUT2D eigenvalue weighted by Gasteiger charge is -2.41. The Balaban J connectivity index is 1.73. The van der Waals surface area contributed by atoms with Crippen LogP contribution in [0, 0.1) is 5.92 Å². The van der Waals surface area contributed by atoms with Gasteiger partial charge in [0.15, 0.2) is 17.8 Å². The average molecular weight is 526 g/mol. The molecule has 2 aliphatic heterocycles. The van der Waals surface area contributed by atoms with Gasteiger partial charge in [0.2, 0.25) is 6.29 Å². The van der Waals surface area contributed by atoms with E-state index in [2.05, 4.69) is 0 Å². The summed E-state index contributed by atoms with van der Waals surface area (Å²) in [6, 6.07) is 4.15. The molecule has 1 fully saturated rings. The number of carbonyl (C=O) groups is 2. The van der Waals surface area contributed by atoms with Crippen LogP contribution in [0.1, 0.15) is 18.9 Å². The Kier molecular flexibility index (Phi) is 9.48. The van der Waals surface area contributed by atoms with Crippen LogP contribution in [-0.4, -0.2) is 97.9 Å². The molecule has 7 atom stereocenters. The number of aromatic hydroxyl groups is 2. The fourth-order valence-corrected chi connectivity index (χ4v) is 4.05. The Morgan fingerprint density at radius 1 is 1.08 bits per heavy atom. The van der Waals surface area contributed by atoms with Gasteiger partial charge in [-0.05, 0) is 24.6 Å². The van der Waals surface area contributed by atoms with Crippen LogP contribution in [0.5, 0.6) is 11.5 Å². The van der Waals surface area contributed by atoms with Crippen molar-refractivity contribution in [1.29, 1.82) is 0 Å². The average Bonchev–Trinajstić information content (AvgIpc) is 2.86. The van der Waals surface area contributed by atoms with E-state index in [1.54, 1.807) is 6.92 Å². The first-order valence-electron chi connectivity index (χ1n) is 11.4. The number of benzene rings is 1. The van der Waals surface area contributed by atoms with Crippen LogP contribution in [0.25, 0.3) is 0 Å². The van der Waals surface area contributed by atoms with Gasteiger partial charge in [-0.25, -0.2) is 4.79 Å². The molecule has 204 valence electrons. The SMILES string of the molecule is C/C=C1/[C@H](O[C@@H]2O[C@H](CO)[C@@H](O)[C@H](O)[C@H]2O)OC=C(C(=O)OCCc2ccc(O)c(O)c2)[C@H]1CC(=O)O. The van der Waals surface area contributed by atoms with E-state index in [1.165, 1.54) is 24.3 Å². The molecule has 2 aliphatic rings. The summed E-state index contributed by atoms with van der Waals surface area (Å²) in [5, 5.41) is 68.0. The Morgan fingerprint density at radius 2 is 1.81 bits per heavy atom. The minimum absolute atomic E-state index is 0.0993. The summed E-state index contributed by atoms with van der Waals surface area (Å²) in [4.78, 5) is 24.4. The molecular formula is C24H30O13. The van der Waals surface area contributed by atoms with Crippen molar-refractivity contribution in [2.75, 3.05) is 13.2 Å². The molecule has 1 aromatic rings. The number of carboxylic acids is 1. The van der Waals surface area contributed by atoms with Crippen molar-refractivity contribution in [2.45, 2.75) is 56.8 Å². The van der Waals surface area contributed by atoms with Gasteiger partial charge in [0.25, 0.3) is 0 Å². The highest BCUT2D eigenvalue weighted by Gasteiger charge is 2.46. The lowest BCUT2D eigenvalue weighted by molar-refractivity contribution is -0.327. The van der Waals surface area contributed by atoms with Crippen LogP contribution in [0.2, 0.25) is 0 Å². The number of carboxylic acid groups (broad SMARTS) is 1. The third kappa shape index (κ3) is 6.57. The number of hydrogen-bond donors (Lipinski definition) is 7. The van der Waals surface area contributed by atoms with Crippen molar-refractivity contribution in [3.8, 4) is 11.5 Å². The number of carbonyl (C=O) groups excluding carboxylic acids is 1. The molecule has 0 spiro atoms.